The van der Waals surface area contributed by atoms with Crippen molar-refractivity contribution in [1.29, 1.82) is 0 Å². The van der Waals surface area contributed by atoms with E-state index in [1.807, 2.05) is 9.80 Å². The molecule has 0 aromatic heterocycles. The number of hydrogen-bond donors (Lipinski definition) is 13. The molecule has 0 rings (SSSR count). The van der Waals surface area contributed by atoms with Crippen LogP contribution in [-0.4, -0.2) is 252 Å². The van der Waals surface area contributed by atoms with Crippen molar-refractivity contribution in [3.05, 3.63) is 48.6 Å². The van der Waals surface area contributed by atoms with Crippen molar-refractivity contribution in [3.8, 4) is 0 Å². The van der Waals surface area contributed by atoms with Gasteiger partial charge in [0.1, 0.15) is 57.1 Å². The lowest BCUT2D eigenvalue weighted by molar-refractivity contribution is -0.142. The minimum atomic E-state index is -0.962. The van der Waals surface area contributed by atoms with Crippen molar-refractivity contribution >= 4 is 41.6 Å². The highest BCUT2D eigenvalue weighted by atomic mass is 16.6. The van der Waals surface area contributed by atoms with Crippen molar-refractivity contribution in [2.45, 2.75) is 84.0 Å². The molecule has 0 radical (unpaired) electrons. The fourth-order valence-electron chi connectivity index (χ4n) is 6.09. The fourth-order valence-corrected chi connectivity index (χ4v) is 6.09. The topological polar surface area (TPSA) is 360 Å². The van der Waals surface area contributed by atoms with Crippen LogP contribution in [0.2, 0.25) is 0 Å². The first-order valence-electron chi connectivity index (χ1n) is 25.5. The van der Waals surface area contributed by atoms with Gasteiger partial charge in [-0.05, 0) is 34.1 Å². The van der Waals surface area contributed by atoms with Crippen molar-refractivity contribution in [2.24, 2.45) is 0 Å². The second kappa shape index (κ2) is 43.8. The first kappa shape index (κ1) is 70.8. The van der Waals surface area contributed by atoms with E-state index in [-0.39, 0.29) is 151 Å². The number of rotatable bonds is 48. The molecule has 26 heteroatoms. The summed E-state index contributed by atoms with van der Waals surface area (Å²) >= 11 is 0. The highest BCUT2D eigenvalue weighted by Gasteiger charge is 2.18. The van der Waals surface area contributed by atoms with E-state index in [0.717, 1.165) is 0 Å². The molecule has 436 valence electrons. The maximum absolute atomic E-state index is 13.0. The number of nitrogens with one attached hydrogen (secondary N) is 8. The number of nitrogens with zero attached hydrogens (tertiary/aromatic N) is 2. The molecule has 0 saturated heterocycles. The Bertz CT molecular complexity index is 1730. The van der Waals surface area contributed by atoms with Crippen LogP contribution < -0.4 is 42.5 Å². The second-order valence-corrected chi connectivity index (χ2v) is 18.2. The number of aliphatic hydroxyl groups excluding tert-OH is 5. The van der Waals surface area contributed by atoms with Crippen molar-refractivity contribution in [2.75, 3.05) is 144 Å². The van der Waals surface area contributed by atoms with Gasteiger partial charge in [0, 0.05) is 159 Å². The Morgan fingerprint density at radius 2 is 0.658 bits per heavy atom. The maximum Gasteiger partial charge on any atom is 0.333 e. The van der Waals surface area contributed by atoms with Crippen LogP contribution in [0.25, 0.3) is 0 Å². The second-order valence-electron chi connectivity index (χ2n) is 18.2. The molecular weight excluding hydrogens is 997 g/mol. The number of aliphatic hydroxyl groups is 5. The molecule has 0 bridgehead atoms. The minimum absolute atomic E-state index is 0.0788. The Balaban J connectivity index is 5.60. The number of ether oxygens (including phenoxy) is 4. The van der Waals surface area contributed by atoms with Gasteiger partial charge in [0.15, 0.2) is 0 Å². The van der Waals surface area contributed by atoms with Crippen LogP contribution in [-0.2, 0) is 52.5 Å². The quantitative estimate of drug-likeness (QED) is 0.00901. The summed E-state index contributed by atoms with van der Waals surface area (Å²) < 4.78 is 19.8. The van der Waals surface area contributed by atoms with E-state index in [0.29, 0.717) is 58.9 Å². The Hall–Kier alpha value is -5.23. The Morgan fingerprint density at radius 1 is 0.395 bits per heavy atom. The SMILES string of the molecule is C=C(C)C(=O)OCC(O)CNCCNC(=O)CCN(CCC(=O)NCCNCC(O)COC(=O)C(=C)C)CCN(CCC(=O)NCCNCC(O)COC(=O)C(=C)C)CCC(O)NCCNCC(O)COC(=O)C(=C)C. The van der Waals surface area contributed by atoms with E-state index < -0.39 is 54.5 Å². The summed E-state index contributed by atoms with van der Waals surface area (Å²) in [6, 6.07) is 0. The van der Waals surface area contributed by atoms with E-state index >= 15 is 0 Å². The van der Waals surface area contributed by atoms with Gasteiger partial charge in [-0.25, -0.2) is 19.2 Å². The smallest absolute Gasteiger partial charge is 0.333 e. The third-order valence-corrected chi connectivity index (χ3v) is 10.5. The Kier molecular flexibility index (Phi) is 40.8. The zero-order valence-corrected chi connectivity index (χ0v) is 45.2. The number of hydrogen-bond acceptors (Lipinski definition) is 23. The average Bonchev–Trinajstić information content (AvgIpc) is 3.37. The summed E-state index contributed by atoms with van der Waals surface area (Å²) in [5.74, 6) is -3.20. The molecule has 26 nitrogen and oxygen atoms in total. The standard InChI is InChI=1S/C50H90N10O16/c1-35(2)47(69)73-31-39(61)27-51-13-17-55-43(65)9-21-59(22-10-44(66)56-18-14-52-28-40(62)32-74-48(70)36(3)4)25-26-60(23-11-45(67)57-19-15-53-29-41(63)33-75-49(71)37(5)6)24-12-46(68)58-20-16-54-30-42(64)34-76-50(72)38(7)8/h39-43,51-55,61-65H,1,3,5,7,9-34H2,2,4,6,8H3,(H,56,66)(H,57,67)(H,58,68). The lowest BCUT2D eigenvalue weighted by Crippen LogP contribution is -2.43. The van der Waals surface area contributed by atoms with Crippen molar-refractivity contribution in [3.63, 3.8) is 0 Å². The fraction of sp³-hybridized carbons (Fsp3) is 0.700. The number of carbonyl (C=O) groups excluding carboxylic acids is 7. The molecule has 5 unspecified atom stereocenters. The molecule has 0 heterocycles. The van der Waals surface area contributed by atoms with Gasteiger partial charge in [0.2, 0.25) is 17.7 Å². The molecule has 0 aromatic carbocycles. The third-order valence-electron chi connectivity index (χ3n) is 10.5. The van der Waals surface area contributed by atoms with E-state index in [2.05, 4.69) is 68.9 Å². The van der Waals surface area contributed by atoms with Gasteiger partial charge in [0.25, 0.3) is 0 Å². The molecule has 0 aliphatic carbocycles. The van der Waals surface area contributed by atoms with E-state index in [1.54, 1.807) is 0 Å². The molecule has 0 fully saturated rings. The van der Waals surface area contributed by atoms with Crippen LogP contribution >= 0.6 is 0 Å². The lowest BCUT2D eigenvalue weighted by atomic mass is 10.2. The summed E-state index contributed by atoms with van der Waals surface area (Å²) in [7, 11) is 0. The van der Waals surface area contributed by atoms with Gasteiger partial charge < -0.3 is 91.5 Å². The van der Waals surface area contributed by atoms with Crippen LogP contribution in [0.3, 0.4) is 0 Å². The van der Waals surface area contributed by atoms with Crippen LogP contribution in [0, 0.1) is 0 Å². The summed E-state index contributed by atoms with van der Waals surface area (Å²) in [6.45, 7) is 24.0. The molecule has 5 atom stereocenters. The lowest BCUT2D eigenvalue weighted by Gasteiger charge is -2.28. The van der Waals surface area contributed by atoms with Crippen molar-refractivity contribution in [1.82, 2.24) is 52.3 Å². The van der Waals surface area contributed by atoms with Crippen LogP contribution in [0.1, 0.15) is 53.4 Å². The largest absolute Gasteiger partial charge is 0.460 e. The number of amides is 3. The molecule has 0 aliphatic rings. The molecule has 13 N–H and O–H groups in total. The molecule has 0 saturated carbocycles. The Labute approximate surface area is 447 Å². The van der Waals surface area contributed by atoms with E-state index in [1.165, 1.54) is 27.7 Å². The number of carbonyl (C=O) groups is 7. The van der Waals surface area contributed by atoms with Crippen LogP contribution in [0.4, 0.5) is 0 Å². The maximum atomic E-state index is 13.0. The first-order chi connectivity index (χ1) is 36.0. The summed E-state index contributed by atoms with van der Waals surface area (Å²) in [5, 5.41) is 74.6. The van der Waals surface area contributed by atoms with Crippen molar-refractivity contribution < 1.29 is 78.0 Å². The molecular formula is C50H90N10O16. The molecule has 0 aliphatic heterocycles. The van der Waals surface area contributed by atoms with Gasteiger partial charge >= 0.3 is 23.9 Å². The van der Waals surface area contributed by atoms with Gasteiger partial charge in [-0.2, -0.15) is 0 Å². The van der Waals surface area contributed by atoms with E-state index in [4.69, 9.17) is 18.9 Å². The van der Waals surface area contributed by atoms with Crippen LogP contribution in [0.5, 0.6) is 0 Å². The highest BCUT2D eigenvalue weighted by molar-refractivity contribution is 5.88. The van der Waals surface area contributed by atoms with Gasteiger partial charge in [-0.15, -0.1) is 0 Å². The molecule has 0 aromatic rings. The van der Waals surface area contributed by atoms with Gasteiger partial charge in [0.05, 0.1) is 0 Å². The summed E-state index contributed by atoms with van der Waals surface area (Å²) in [6.07, 6.45) is -4.26. The predicted molar refractivity (Wildman–Crippen MR) is 283 cm³/mol. The van der Waals surface area contributed by atoms with Crippen LogP contribution in [0.15, 0.2) is 48.6 Å². The predicted octanol–water partition coefficient (Wildman–Crippen LogP) is -4.31. The normalized spacial score (nSPS) is 13.1. The monoisotopic (exact) mass is 1090 g/mol. The zero-order valence-electron chi connectivity index (χ0n) is 45.2. The summed E-state index contributed by atoms with van der Waals surface area (Å²) in [5.41, 5.74) is 0.860. The summed E-state index contributed by atoms with van der Waals surface area (Å²) in [4.78, 5) is 89.2. The van der Waals surface area contributed by atoms with E-state index in [9.17, 15) is 59.1 Å². The van der Waals surface area contributed by atoms with Gasteiger partial charge in [-0.1, -0.05) is 26.3 Å². The minimum Gasteiger partial charge on any atom is -0.460 e. The average molecular weight is 1090 g/mol. The highest BCUT2D eigenvalue weighted by Crippen LogP contribution is 2.03. The molecule has 76 heavy (non-hydrogen) atoms. The molecule has 0 spiro atoms. The number of esters is 4. The third kappa shape index (κ3) is 41.0. The zero-order chi connectivity index (χ0) is 57.3. The first-order valence-corrected chi connectivity index (χ1v) is 25.5. The van der Waals surface area contributed by atoms with Gasteiger partial charge in [-0.3, -0.25) is 19.7 Å². The molecule has 3 amide bonds. The Morgan fingerprint density at radius 3 is 0.934 bits per heavy atom.